The molecule has 0 radical (unpaired) electrons. The highest BCUT2D eigenvalue weighted by Crippen LogP contribution is 2.43. The molecule has 2 atom stereocenters. The molecule has 3 N–H and O–H groups in total. The van der Waals surface area contributed by atoms with E-state index in [2.05, 4.69) is 62.5 Å². The fourth-order valence-corrected chi connectivity index (χ4v) is 12.3. The van der Waals surface area contributed by atoms with Crippen molar-refractivity contribution in [2.24, 2.45) is 5.73 Å². The van der Waals surface area contributed by atoms with Crippen molar-refractivity contribution in [3.05, 3.63) is 48.6 Å². The molecule has 0 aliphatic carbocycles. The number of nitrogens with two attached hydrogens (primary N) is 1. The van der Waals surface area contributed by atoms with Crippen molar-refractivity contribution in [3.63, 3.8) is 0 Å². The van der Waals surface area contributed by atoms with Crippen LogP contribution in [0.2, 0.25) is 0 Å². The molecule has 9 nitrogen and oxygen atoms in total. The summed E-state index contributed by atoms with van der Waals surface area (Å²) in [5, 5.41) is 0. The summed E-state index contributed by atoms with van der Waals surface area (Å²) in [6, 6.07) is 0. The van der Waals surface area contributed by atoms with Gasteiger partial charge in [0.15, 0.2) is 6.10 Å². The number of phosphoric ester groups is 1. The van der Waals surface area contributed by atoms with Gasteiger partial charge in [0.2, 0.25) is 0 Å². The number of carbonyl (C=O) groups excluding carboxylic acids is 2. The molecule has 0 aliphatic heterocycles. The van der Waals surface area contributed by atoms with Gasteiger partial charge in [0.25, 0.3) is 0 Å². The average molecular weight is 1240 g/mol. The van der Waals surface area contributed by atoms with E-state index < -0.39 is 26.5 Å². The summed E-state index contributed by atoms with van der Waals surface area (Å²) in [6.45, 7) is 3.81. The predicted molar refractivity (Wildman–Crippen MR) is 377 cm³/mol. The van der Waals surface area contributed by atoms with E-state index in [-0.39, 0.29) is 38.6 Å². The summed E-state index contributed by atoms with van der Waals surface area (Å²) in [5.74, 6) is -0.804. The number of hydrogen-bond donors (Lipinski definition) is 2. The molecule has 0 aliphatic rings. The molecule has 0 saturated carbocycles. The Morgan fingerprint density at radius 1 is 0.345 bits per heavy atom. The fourth-order valence-electron chi connectivity index (χ4n) is 11.5. The topological polar surface area (TPSA) is 134 Å². The van der Waals surface area contributed by atoms with Crippen molar-refractivity contribution in [1.29, 1.82) is 0 Å². The Morgan fingerprint density at radius 2 is 0.598 bits per heavy atom. The number of rotatable bonds is 73. The van der Waals surface area contributed by atoms with Crippen LogP contribution in [-0.4, -0.2) is 49.3 Å². The first-order valence-electron chi connectivity index (χ1n) is 38.1. The van der Waals surface area contributed by atoms with Crippen LogP contribution in [0.25, 0.3) is 0 Å². The van der Waals surface area contributed by atoms with E-state index in [0.29, 0.717) is 6.42 Å². The molecule has 10 heteroatoms. The van der Waals surface area contributed by atoms with E-state index in [9.17, 15) is 19.0 Å². The van der Waals surface area contributed by atoms with E-state index in [4.69, 9.17) is 24.3 Å². The van der Waals surface area contributed by atoms with Crippen LogP contribution in [0.15, 0.2) is 48.6 Å². The van der Waals surface area contributed by atoms with Gasteiger partial charge in [0, 0.05) is 19.4 Å². The van der Waals surface area contributed by atoms with Crippen molar-refractivity contribution in [1.82, 2.24) is 0 Å². The zero-order valence-corrected chi connectivity index (χ0v) is 58.7. The quantitative estimate of drug-likeness (QED) is 0.0264. The first-order valence-corrected chi connectivity index (χ1v) is 39.6. The number of phosphoric acid groups is 1. The molecule has 0 spiro atoms. The van der Waals surface area contributed by atoms with Crippen LogP contribution < -0.4 is 5.73 Å². The lowest BCUT2D eigenvalue weighted by Crippen LogP contribution is -2.29. The Labute approximate surface area is 540 Å². The van der Waals surface area contributed by atoms with Crippen LogP contribution in [0.4, 0.5) is 0 Å². The standard InChI is InChI=1S/C77H146NO8P/c1-3-5-7-9-11-13-15-17-19-21-23-25-27-29-31-32-33-34-35-36-37-38-39-40-41-42-44-46-48-50-52-54-56-58-60-62-64-66-68-70-77(80)86-75(74-85-87(81,82)84-72-71-78)73-83-76(79)69-67-65-63-61-59-57-55-53-51-49-47-45-43-30-28-26-24-22-20-18-16-14-12-10-8-6-4-2/h15,17,21-24,27,29,75H,3-14,16,18-20,25-26,28,30-74,78H2,1-2H3,(H,81,82)/b17-15-,23-21-,24-22-,29-27-. The number of allylic oxidation sites excluding steroid dienone is 8. The van der Waals surface area contributed by atoms with Crippen LogP contribution in [0.3, 0.4) is 0 Å². The van der Waals surface area contributed by atoms with Gasteiger partial charge >= 0.3 is 19.8 Å². The van der Waals surface area contributed by atoms with E-state index in [1.54, 1.807) is 0 Å². The summed E-state index contributed by atoms with van der Waals surface area (Å²) in [7, 11) is -4.39. The molecule has 0 saturated heterocycles. The van der Waals surface area contributed by atoms with Gasteiger partial charge in [0.1, 0.15) is 6.61 Å². The zero-order valence-electron chi connectivity index (χ0n) is 57.8. The number of ether oxygens (including phenoxy) is 2. The Morgan fingerprint density at radius 3 is 0.897 bits per heavy atom. The first kappa shape index (κ1) is 85.0. The molecule has 0 heterocycles. The molecule has 0 amide bonds. The third-order valence-corrected chi connectivity index (χ3v) is 18.2. The third kappa shape index (κ3) is 72.9. The number of carbonyl (C=O) groups is 2. The molecule has 0 aromatic rings. The van der Waals surface area contributed by atoms with E-state index in [1.807, 2.05) is 0 Å². The molecule has 2 unspecified atom stereocenters. The third-order valence-electron chi connectivity index (χ3n) is 17.2. The number of unbranched alkanes of at least 4 members (excludes halogenated alkanes) is 52. The smallest absolute Gasteiger partial charge is 0.462 e. The van der Waals surface area contributed by atoms with Crippen molar-refractivity contribution >= 4 is 19.8 Å². The van der Waals surface area contributed by atoms with Crippen LogP contribution >= 0.6 is 7.82 Å². The van der Waals surface area contributed by atoms with E-state index in [1.165, 1.54) is 321 Å². The molecule has 0 aromatic carbocycles. The van der Waals surface area contributed by atoms with Crippen molar-refractivity contribution < 1.29 is 37.6 Å². The maximum Gasteiger partial charge on any atom is 0.472 e. The highest BCUT2D eigenvalue weighted by Gasteiger charge is 2.26. The van der Waals surface area contributed by atoms with Gasteiger partial charge in [-0.05, 0) is 77.0 Å². The van der Waals surface area contributed by atoms with Gasteiger partial charge in [-0.25, -0.2) is 4.57 Å². The Bertz CT molecular complexity index is 1570. The minimum absolute atomic E-state index is 0.0558. The first-order chi connectivity index (χ1) is 42.8. The predicted octanol–water partition coefficient (Wildman–Crippen LogP) is 25.2. The zero-order chi connectivity index (χ0) is 63.0. The Kier molecular flexibility index (Phi) is 71.3. The van der Waals surface area contributed by atoms with Gasteiger partial charge in [-0.2, -0.15) is 0 Å². The molecular formula is C77H146NO8P. The van der Waals surface area contributed by atoms with Gasteiger partial charge in [-0.3, -0.25) is 18.6 Å². The highest BCUT2D eigenvalue weighted by atomic mass is 31.2. The lowest BCUT2D eigenvalue weighted by molar-refractivity contribution is -0.161. The maximum absolute atomic E-state index is 12.8. The SMILES string of the molecule is CCCCCCC/C=C\C/C=C\C/C=C\CCCCCCCCCCCCCCCCCCCCCCCCCCC(=O)OC(COC(=O)CCCCCCCCCCCCCCCCC/C=C\CCCCCCCCCC)COP(=O)(O)OCCN. The monoisotopic (exact) mass is 1240 g/mol. The van der Waals surface area contributed by atoms with Gasteiger partial charge in [-0.1, -0.05) is 358 Å². The minimum atomic E-state index is -4.39. The largest absolute Gasteiger partial charge is 0.472 e. The molecule has 0 fully saturated rings. The second-order valence-electron chi connectivity index (χ2n) is 25.9. The van der Waals surface area contributed by atoms with Crippen LogP contribution in [0.5, 0.6) is 0 Å². The fraction of sp³-hybridized carbons (Fsp3) is 0.870. The van der Waals surface area contributed by atoms with Crippen LogP contribution in [0, 0.1) is 0 Å². The second kappa shape index (κ2) is 73.0. The molecule has 0 aromatic heterocycles. The van der Waals surface area contributed by atoms with Crippen molar-refractivity contribution in [2.45, 2.75) is 405 Å². The minimum Gasteiger partial charge on any atom is -0.462 e. The highest BCUT2D eigenvalue weighted by molar-refractivity contribution is 7.47. The number of esters is 2. The normalized spacial score (nSPS) is 13.1. The van der Waals surface area contributed by atoms with Gasteiger partial charge in [-0.15, -0.1) is 0 Å². The summed E-state index contributed by atoms with van der Waals surface area (Å²) >= 11 is 0. The van der Waals surface area contributed by atoms with Crippen LogP contribution in [-0.2, 0) is 32.7 Å². The van der Waals surface area contributed by atoms with E-state index >= 15 is 0 Å². The summed E-state index contributed by atoms with van der Waals surface area (Å²) in [6.07, 6.45) is 93.8. The van der Waals surface area contributed by atoms with Crippen molar-refractivity contribution in [3.8, 4) is 0 Å². The molecule has 0 bridgehead atoms. The summed E-state index contributed by atoms with van der Waals surface area (Å²) < 4.78 is 33.2. The van der Waals surface area contributed by atoms with Gasteiger partial charge in [0.05, 0.1) is 13.2 Å². The lowest BCUT2D eigenvalue weighted by atomic mass is 10.0. The van der Waals surface area contributed by atoms with Crippen LogP contribution in [0.1, 0.15) is 399 Å². The molecule has 512 valence electrons. The van der Waals surface area contributed by atoms with E-state index in [0.717, 1.165) is 44.9 Å². The molecular weight excluding hydrogens is 1100 g/mol. The molecule has 0 rings (SSSR count). The maximum atomic E-state index is 12.8. The Balaban J connectivity index is 3.77. The summed E-state index contributed by atoms with van der Waals surface area (Å²) in [4.78, 5) is 35.4. The molecule has 87 heavy (non-hydrogen) atoms. The summed E-state index contributed by atoms with van der Waals surface area (Å²) in [5.41, 5.74) is 5.41. The average Bonchev–Trinajstić information content (AvgIpc) is 3.64. The van der Waals surface area contributed by atoms with Gasteiger partial charge < -0.3 is 20.1 Å². The van der Waals surface area contributed by atoms with Crippen molar-refractivity contribution in [2.75, 3.05) is 26.4 Å². The second-order valence-corrected chi connectivity index (χ2v) is 27.3. The Hall–Kier alpha value is -2.03. The lowest BCUT2D eigenvalue weighted by Gasteiger charge is -2.19. The number of hydrogen-bond acceptors (Lipinski definition) is 8.